The van der Waals surface area contributed by atoms with Crippen molar-refractivity contribution in [1.82, 2.24) is 0 Å². The minimum atomic E-state index is -1.10. The van der Waals surface area contributed by atoms with E-state index in [2.05, 4.69) is 22.6 Å². The zero-order valence-corrected chi connectivity index (χ0v) is 7.23. The monoisotopic (exact) mass is 253 g/mol. The molecule has 0 radical (unpaired) electrons. The molecule has 0 unspecified atom stereocenters. The van der Waals surface area contributed by atoms with E-state index in [1.54, 1.807) is 11.4 Å². The van der Waals surface area contributed by atoms with Gasteiger partial charge in [0.05, 0.1) is 8.85 Å². The van der Waals surface area contributed by atoms with Gasteiger partial charge in [-0.3, -0.25) is 0 Å². The molecule has 0 amide bonds. The van der Waals surface area contributed by atoms with Crippen LogP contribution in [0, 0.1) is 2.88 Å². The van der Waals surface area contributed by atoms with Crippen molar-refractivity contribution in [3.63, 3.8) is 0 Å². The van der Waals surface area contributed by atoms with Crippen molar-refractivity contribution < 1.29 is 9.90 Å². The minimum Gasteiger partial charge on any atom is -0.545 e. The third-order valence-electron chi connectivity index (χ3n) is 0.803. The summed E-state index contributed by atoms with van der Waals surface area (Å²) < 4.78 is 0.965. The van der Waals surface area contributed by atoms with Gasteiger partial charge in [0, 0.05) is 10.9 Å². The standard InChI is InChI=1S/C5H3IO2S/c6-4-1-3(2-9-4)5(7)8/h1-2H,(H,7,8)/p-1. The van der Waals surface area contributed by atoms with E-state index in [0.717, 1.165) is 2.88 Å². The van der Waals surface area contributed by atoms with Crippen LogP contribution in [0.1, 0.15) is 10.4 Å². The Bertz CT molecular complexity index is 231. The van der Waals surface area contributed by atoms with Gasteiger partial charge in [-0.05, 0) is 28.7 Å². The minimum absolute atomic E-state index is 0.268. The number of thiophene rings is 1. The van der Waals surface area contributed by atoms with Crippen molar-refractivity contribution in [3.05, 3.63) is 19.9 Å². The number of carbonyl (C=O) groups is 1. The summed E-state index contributed by atoms with van der Waals surface area (Å²) in [6, 6.07) is 1.58. The highest BCUT2D eigenvalue weighted by atomic mass is 127. The van der Waals surface area contributed by atoms with Gasteiger partial charge in [0.2, 0.25) is 0 Å². The lowest BCUT2D eigenvalue weighted by atomic mass is 10.4. The molecule has 1 heterocycles. The maximum Gasteiger partial charge on any atom is 0.0724 e. The van der Waals surface area contributed by atoms with Crippen molar-refractivity contribution in [2.75, 3.05) is 0 Å². The quantitative estimate of drug-likeness (QED) is 0.692. The Morgan fingerprint density at radius 3 is 2.67 bits per heavy atom. The topological polar surface area (TPSA) is 40.1 Å². The van der Waals surface area contributed by atoms with Gasteiger partial charge in [0.15, 0.2) is 0 Å². The van der Waals surface area contributed by atoms with Gasteiger partial charge in [-0.15, -0.1) is 11.3 Å². The van der Waals surface area contributed by atoms with E-state index in [-0.39, 0.29) is 5.56 Å². The predicted octanol–water partition coefficient (Wildman–Crippen LogP) is 0.716. The SMILES string of the molecule is O=C([O-])c1csc(I)c1. The predicted molar refractivity (Wildman–Crippen MR) is 41.4 cm³/mol. The van der Waals surface area contributed by atoms with Crippen molar-refractivity contribution >= 4 is 39.9 Å². The number of carbonyl (C=O) groups excluding carboxylic acids is 1. The summed E-state index contributed by atoms with van der Waals surface area (Å²) in [5.41, 5.74) is 0.268. The van der Waals surface area contributed by atoms with Gasteiger partial charge in [-0.2, -0.15) is 0 Å². The lowest BCUT2D eigenvalue weighted by Gasteiger charge is -1.92. The van der Waals surface area contributed by atoms with E-state index < -0.39 is 5.97 Å². The summed E-state index contributed by atoms with van der Waals surface area (Å²) >= 11 is 3.46. The van der Waals surface area contributed by atoms with Crippen LogP contribution in [0.4, 0.5) is 0 Å². The van der Waals surface area contributed by atoms with Gasteiger partial charge in [0.25, 0.3) is 0 Å². The molecule has 1 rings (SSSR count). The van der Waals surface area contributed by atoms with Gasteiger partial charge >= 0.3 is 0 Å². The highest BCUT2D eigenvalue weighted by molar-refractivity contribution is 14.1. The molecule has 0 saturated heterocycles. The van der Waals surface area contributed by atoms with Gasteiger partial charge in [-0.25, -0.2) is 0 Å². The smallest absolute Gasteiger partial charge is 0.0724 e. The number of halogens is 1. The lowest BCUT2D eigenvalue weighted by molar-refractivity contribution is -0.255. The zero-order chi connectivity index (χ0) is 6.85. The second kappa shape index (κ2) is 2.66. The molecule has 1 aromatic rings. The maximum absolute atomic E-state index is 10.1. The molecule has 0 bridgehead atoms. The number of hydrogen-bond donors (Lipinski definition) is 0. The molecular formula is C5H2IO2S-. The van der Waals surface area contributed by atoms with Crippen molar-refractivity contribution in [1.29, 1.82) is 0 Å². The van der Waals surface area contributed by atoms with Crippen molar-refractivity contribution in [2.45, 2.75) is 0 Å². The molecule has 0 atom stereocenters. The second-order valence-electron chi connectivity index (χ2n) is 1.43. The van der Waals surface area contributed by atoms with Crippen LogP contribution in [0.25, 0.3) is 0 Å². The highest BCUT2D eigenvalue weighted by Crippen LogP contribution is 2.15. The Labute approximate surface area is 69.7 Å². The molecule has 9 heavy (non-hydrogen) atoms. The van der Waals surface area contributed by atoms with Crippen LogP contribution in [-0.2, 0) is 0 Å². The van der Waals surface area contributed by atoms with E-state index in [0.29, 0.717) is 0 Å². The highest BCUT2D eigenvalue weighted by Gasteiger charge is 1.94. The molecule has 0 aliphatic heterocycles. The first-order valence-electron chi connectivity index (χ1n) is 2.15. The summed E-state index contributed by atoms with van der Waals surface area (Å²) in [5, 5.41) is 11.7. The number of aromatic carboxylic acids is 1. The van der Waals surface area contributed by atoms with E-state index >= 15 is 0 Å². The largest absolute Gasteiger partial charge is 0.545 e. The van der Waals surface area contributed by atoms with Crippen LogP contribution in [0.15, 0.2) is 11.4 Å². The van der Waals surface area contributed by atoms with Crippen LogP contribution in [0.2, 0.25) is 0 Å². The fourth-order valence-electron chi connectivity index (χ4n) is 0.417. The summed E-state index contributed by atoms with van der Waals surface area (Å²) in [6.45, 7) is 0. The van der Waals surface area contributed by atoms with Gasteiger partial charge in [0.1, 0.15) is 0 Å². The van der Waals surface area contributed by atoms with Crippen LogP contribution < -0.4 is 5.11 Å². The summed E-state index contributed by atoms with van der Waals surface area (Å²) in [7, 11) is 0. The van der Waals surface area contributed by atoms with E-state index in [4.69, 9.17) is 0 Å². The fraction of sp³-hybridized carbons (Fsp3) is 0. The van der Waals surface area contributed by atoms with Crippen molar-refractivity contribution in [3.8, 4) is 0 Å². The van der Waals surface area contributed by atoms with Crippen molar-refractivity contribution in [2.24, 2.45) is 0 Å². The molecule has 0 spiro atoms. The average Bonchev–Trinajstić information content (AvgIpc) is 2.14. The first-order valence-corrected chi connectivity index (χ1v) is 4.11. The third-order valence-corrected chi connectivity index (χ3v) is 2.59. The number of carboxylic acids is 1. The van der Waals surface area contributed by atoms with Crippen LogP contribution in [0.3, 0.4) is 0 Å². The first-order chi connectivity index (χ1) is 4.20. The number of rotatable bonds is 1. The Hall–Kier alpha value is -0.100. The molecule has 0 fully saturated rings. The Morgan fingerprint density at radius 1 is 1.78 bits per heavy atom. The molecule has 0 aliphatic carbocycles. The molecule has 0 aromatic carbocycles. The maximum atomic E-state index is 10.1. The first kappa shape index (κ1) is 7.01. The third kappa shape index (κ3) is 1.65. The van der Waals surface area contributed by atoms with Crippen LogP contribution >= 0.6 is 33.9 Å². The average molecular weight is 253 g/mol. The van der Waals surface area contributed by atoms with E-state index in [9.17, 15) is 9.90 Å². The molecule has 0 aliphatic rings. The molecule has 4 heteroatoms. The molecule has 2 nitrogen and oxygen atoms in total. The van der Waals surface area contributed by atoms with Gasteiger partial charge < -0.3 is 9.90 Å². The van der Waals surface area contributed by atoms with E-state index in [1.807, 2.05) is 0 Å². The normalized spacial score (nSPS) is 9.44. The Balaban J connectivity index is 2.98. The molecule has 0 N–H and O–H groups in total. The summed E-state index contributed by atoms with van der Waals surface area (Å²) in [6.07, 6.45) is 0. The second-order valence-corrected chi connectivity index (χ2v) is 4.23. The van der Waals surface area contributed by atoms with Crippen LogP contribution in [0.5, 0.6) is 0 Å². The summed E-state index contributed by atoms with van der Waals surface area (Å²) in [4.78, 5) is 10.1. The van der Waals surface area contributed by atoms with Gasteiger partial charge in [-0.1, -0.05) is 0 Å². The Morgan fingerprint density at radius 2 is 2.44 bits per heavy atom. The Kier molecular flexibility index (Phi) is 2.07. The lowest BCUT2D eigenvalue weighted by Crippen LogP contribution is -2.21. The molecule has 48 valence electrons. The molecule has 0 saturated carbocycles. The zero-order valence-electron chi connectivity index (χ0n) is 4.26. The fourth-order valence-corrected chi connectivity index (χ4v) is 1.73. The molecular weight excluding hydrogens is 251 g/mol. The van der Waals surface area contributed by atoms with Crippen LogP contribution in [-0.4, -0.2) is 5.97 Å². The summed E-state index contributed by atoms with van der Waals surface area (Å²) in [5.74, 6) is -1.10. The molecule has 1 aromatic heterocycles. The van der Waals surface area contributed by atoms with E-state index in [1.165, 1.54) is 11.3 Å². The number of carboxylic acid groups (broad SMARTS) is 1. The number of hydrogen-bond acceptors (Lipinski definition) is 3.